The second kappa shape index (κ2) is 7.72. The molecule has 0 atom stereocenters. The van der Waals surface area contributed by atoms with Crippen molar-refractivity contribution in [3.63, 3.8) is 0 Å². The lowest BCUT2D eigenvalue weighted by Gasteiger charge is -2.32. The summed E-state index contributed by atoms with van der Waals surface area (Å²) in [6, 6.07) is 8.56. The number of amides is 2. The number of carbonyl (C=O) groups excluding carboxylic acids is 2. The van der Waals surface area contributed by atoms with E-state index in [1.54, 1.807) is 46.3 Å². The van der Waals surface area contributed by atoms with Gasteiger partial charge in [-0.3, -0.25) is 9.59 Å². The van der Waals surface area contributed by atoms with Crippen LogP contribution in [-0.4, -0.2) is 53.3 Å². The molecule has 1 N–H and O–H groups in total. The van der Waals surface area contributed by atoms with Crippen LogP contribution in [0.1, 0.15) is 10.5 Å². The number of pyridine rings is 1. The number of carbonyl (C=O) groups is 2. The SMILES string of the molecule is O=CN1CCN(C(=O)c2ccc(Nc3cc(Cl)ccc3Cl)cn2)CC1. The van der Waals surface area contributed by atoms with Gasteiger partial charge >= 0.3 is 0 Å². The summed E-state index contributed by atoms with van der Waals surface area (Å²) in [7, 11) is 0. The first kappa shape index (κ1) is 17.5. The maximum atomic E-state index is 12.5. The summed E-state index contributed by atoms with van der Waals surface area (Å²) in [5, 5.41) is 4.23. The Kier molecular flexibility index (Phi) is 5.40. The number of nitrogens with one attached hydrogen (secondary N) is 1. The third kappa shape index (κ3) is 4.21. The fraction of sp³-hybridized carbons (Fsp3) is 0.235. The van der Waals surface area contributed by atoms with Crippen LogP contribution in [0.15, 0.2) is 36.5 Å². The lowest BCUT2D eigenvalue weighted by molar-refractivity contribution is -0.119. The van der Waals surface area contributed by atoms with Gasteiger partial charge in [-0.05, 0) is 30.3 Å². The highest BCUT2D eigenvalue weighted by atomic mass is 35.5. The van der Waals surface area contributed by atoms with Crippen molar-refractivity contribution in [2.45, 2.75) is 0 Å². The molecule has 0 saturated carbocycles. The molecule has 0 radical (unpaired) electrons. The third-order valence-electron chi connectivity index (χ3n) is 3.94. The van der Waals surface area contributed by atoms with Crippen molar-refractivity contribution in [2.75, 3.05) is 31.5 Å². The van der Waals surface area contributed by atoms with Crippen molar-refractivity contribution in [3.05, 3.63) is 52.3 Å². The van der Waals surface area contributed by atoms with Gasteiger partial charge in [0.2, 0.25) is 6.41 Å². The number of rotatable bonds is 4. The lowest BCUT2D eigenvalue weighted by Crippen LogP contribution is -2.48. The fourth-order valence-electron chi connectivity index (χ4n) is 2.54. The van der Waals surface area contributed by atoms with E-state index >= 15 is 0 Å². The minimum Gasteiger partial charge on any atom is -0.353 e. The molecule has 2 aromatic rings. The molecule has 1 aliphatic rings. The van der Waals surface area contributed by atoms with Crippen molar-refractivity contribution in [3.8, 4) is 0 Å². The molecule has 2 heterocycles. The Morgan fingerprint density at radius 3 is 2.52 bits per heavy atom. The summed E-state index contributed by atoms with van der Waals surface area (Å²) in [5.74, 6) is -0.141. The summed E-state index contributed by atoms with van der Waals surface area (Å²) < 4.78 is 0. The Balaban J connectivity index is 1.67. The average Bonchev–Trinajstić information content (AvgIpc) is 2.65. The second-order valence-corrected chi connectivity index (χ2v) is 6.46. The van der Waals surface area contributed by atoms with Crippen LogP contribution in [0.4, 0.5) is 11.4 Å². The molecular weight excluding hydrogens is 363 g/mol. The van der Waals surface area contributed by atoms with E-state index in [4.69, 9.17) is 23.2 Å². The summed E-state index contributed by atoms with van der Waals surface area (Å²) in [6.07, 6.45) is 2.38. The van der Waals surface area contributed by atoms with Gasteiger partial charge in [-0.15, -0.1) is 0 Å². The highest BCUT2D eigenvalue weighted by molar-refractivity contribution is 6.35. The fourth-order valence-corrected chi connectivity index (χ4v) is 2.87. The van der Waals surface area contributed by atoms with Crippen LogP contribution >= 0.6 is 23.2 Å². The van der Waals surface area contributed by atoms with Gasteiger partial charge in [-0.25, -0.2) is 4.98 Å². The van der Waals surface area contributed by atoms with E-state index in [1.807, 2.05) is 0 Å². The van der Waals surface area contributed by atoms with Gasteiger partial charge in [0, 0.05) is 31.2 Å². The maximum Gasteiger partial charge on any atom is 0.272 e. The predicted molar refractivity (Wildman–Crippen MR) is 97.5 cm³/mol. The number of hydrogen-bond acceptors (Lipinski definition) is 4. The molecule has 0 spiro atoms. The van der Waals surface area contributed by atoms with Crippen LogP contribution in [0.3, 0.4) is 0 Å². The second-order valence-electron chi connectivity index (χ2n) is 5.61. The smallest absolute Gasteiger partial charge is 0.272 e. The van der Waals surface area contributed by atoms with Crippen LogP contribution in [-0.2, 0) is 4.79 Å². The molecule has 1 aliphatic heterocycles. The highest BCUT2D eigenvalue weighted by Crippen LogP contribution is 2.28. The molecule has 1 saturated heterocycles. The van der Waals surface area contributed by atoms with E-state index < -0.39 is 0 Å². The Bertz CT molecular complexity index is 775. The number of hydrogen-bond donors (Lipinski definition) is 1. The van der Waals surface area contributed by atoms with E-state index in [1.165, 1.54) is 0 Å². The van der Waals surface area contributed by atoms with Crippen LogP contribution in [0, 0.1) is 0 Å². The van der Waals surface area contributed by atoms with Crippen LogP contribution in [0.5, 0.6) is 0 Å². The molecule has 0 unspecified atom stereocenters. The normalized spacial score (nSPS) is 14.3. The molecule has 25 heavy (non-hydrogen) atoms. The predicted octanol–water partition coefficient (Wildman–Crippen LogP) is 3.05. The topological polar surface area (TPSA) is 65.5 Å². The van der Waals surface area contributed by atoms with Crippen molar-refractivity contribution < 1.29 is 9.59 Å². The quantitative estimate of drug-likeness (QED) is 0.830. The number of anilines is 2. The molecule has 1 aromatic heterocycles. The number of benzene rings is 1. The third-order valence-corrected chi connectivity index (χ3v) is 4.51. The minimum atomic E-state index is -0.141. The van der Waals surface area contributed by atoms with E-state index in [0.717, 1.165) is 6.41 Å². The van der Waals surface area contributed by atoms with Crippen LogP contribution in [0.2, 0.25) is 10.0 Å². The summed E-state index contributed by atoms with van der Waals surface area (Å²) in [4.78, 5) is 30.8. The Morgan fingerprint density at radius 2 is 1.88 bits per heavy atom. The standard InChI is InChI=1S/C17H16Cl2N4O2/c18-12-1-3-14(19)16(9-12)21-13-2-4-15(20-10-13)17(25)23-7-5-22(11-24)6-8-23/h1-4,9-11,21H,5-8H2. The van der Waals surface area contributed by atoms with Gasteiger partial charge in [0.15, 0.2) is 0 Å². The van der Waals surface area contributed by atoms with Crippen LogP contribution < -0.4 is 5.32 Å². The first-order valence-corrected chi connectivity index (χ1v) is 8.49. The number of halogens is 2. The molecule has 8 heteroatoms. The van der Waals surface area contributed by atoms with E-state index in [2.05, 4.69) is 10.3 Å². The van der Waals surface area contributed by atoms with E-state index in [-0.39, 0.29) is 5.91 Å². The Morgan fingerprint density at radius 1 is 1.12 bits per heavy atom. The summed E-state index contributed by atoms with van der Waals surface area (Å²) in [6.45, 7) is 2.11. The molecule has 130 valence electrons. The molecule has 2 amide bonds. The van der Waals surface area contributed by atoms with Gasteiger partial charge < -0.3 is 15.1 Å². The maximum absolute atomic E-state index is 12.5. The van der Waals surface area contributed by atoms with E-state index in [9.17, 15) is 9.59 Å². The zero-order valence-corrected chi connectivity index (χ0v) is 14.8. The van der Waals surface area contributed by atoms with Crippen molar-refractivity contribution in [1.29, 1.82) is 0 Å². The molecule has 6 nitrogen and oxygen atoms in total. The summed E-state index contributed by atoms with van der Waals surface area (Å²) >= 11 is 12.1. The number of nitrogens with zero attached hydrogens (tertiary/aromatic N) is 3. The molecule has 0 aliphatic carbocycles. The zero-order valence-electron chi connectivity index (χ0n) is 13.3. The number of aromatic nitrogens is 1. The zero-order chi connectivity index (χ0) is 17.8. The monoisotopic (exact) mass is 378 g/mol. The molecule has 0 bridgehead atoms. The van der Waals surface area contributed by atoms with Crippen molar-refractivity contribution >= 4 is 46.9 Å². The first-order chi connectivity index (χ1) is 12.1. The molecule has 1 aromatic carbocycles. The van der Waals surface area contributed by atoms with Gasteiger partial charge in [0.1, 0.15) is 5.69 Å². The first-order valence-electron chi connectivity index (χ1n) is 7.73. The van der Waals surface area contributed by atoms with E-state index in [0.29, 0.717) is 53.3 Å². The highest BCUT2D eigenvalue weighted by Gasteiger charge is 2.22. The molecule has 1 fully saturated rings. The lowest BCUT2D eigenvalue weighted by atomic mass is 10.2. The van der Waals surface area contributed by atoms with Crippen molar-refractivity contribution in [1.82, 2.24) is 14.8 Å². The van der Waals surface area contributed by atoms with Crippen molar-refractivity contribution in [2.24, 2.45) is 0 Å². The molecule has 3 rings (SSSR count). The average molecular weight is 379 g/mol. The van der Waals surface area contributed by atoms with Gasteiger partial charge in [-0.1, -0.05) is 23.2 Å². The number of piperazine rings is 1. The Labute approximate surface area is 155 Å². The van der Waals surface area contributed by atoms with Gasteiger partial charge in [0.05, 0.1) is 22.6 Å². The summed E-state index contributed by atoms with van der Waals surface area (Å²) in [5.41, 5.74) is 1.73. The minimum absolute atomic E-state index is 0.141. The van der Waals surface area contributed by atoms with Gasteiger partial charge in [-0.2, -0.15) is 0 Å². The van der Waals surface area contributed by atoms with Gasteiger partial charge in [0.25, 0.3) is 5.91 Å². The molecular formula is C17H16Cl2N4O2. The van der Waals surface area contributed by atoms with Crippen LogP contribution in [0.25, 0.3) is 0 Å². The largest absolute Gasteiger partial charge is 0.353 e. The Hall–Kier alpha value is -2.31.